The molecular weight excluding hydrogens is 328 g/mol. The molecule has 0 aromatic carbocycles. The van der Waals surface area contributed by atoms with Crippen molar-refractivity contribution >= 4 is 17.3 Å². The minimum atomic E-state index is -1.05. The van der Waals surface area contributed by atoms with Gasteiger partial charge in [0.05, 0.1) is 24.9 Å². The largest absolute Gasteiger partial charge is 0.496 e. The van der Waals surface area contributed by atoms with Crippen molar-refractivity contribution in [3.05, 3.63) is 47.4 Å². The van der Waals surface area contributed by atoms with Gasteiger partial charge < -0.3 is 9.84 Å². The van der Waals surface area contributed by atoms with E-state index in [1.165, 1.54) is 19.5 Å². The second kappa shape index (κ2) is 6.44. The number of pyridine rings is 2. The normalized spacial score (nSPS) is 10.2. The van der Waals surface area contributed by atoms with Gasteiger partial charge in [0.15, 0.2) is 0 Å². The van der Waals surface area contributed by atoms with Gasteiger partial charge in [-0.05, 0) is 12.1 Å². The summed E-state index contributed by atoms with van der Waals surface area (Å²) in [4.78, 5) is 23.5. The van der Waals surface area contributed by atoms with Gasteiger partial charge in [0.1, 0.15) is 21.3 Å². The van der Waals surface area contributed by atoms with Gasteiger partial charge >= 0.3 is 5.97 Å². The zero-order chi connectivity index (χ0) is 17.1. The van der Waals surface area contributed by atoms with Crippen LogP contribution in [0.5, 0.6) is 5.75 Å². The first-order chi connectivity index (χ1) is 11.6. The zero-order valence-corrected chi connectivity index (χ0v) is 13.2. The molecule has 3 heterocycles. The molecule has 3 aromatic heterocycles. The molecule has 0 spiro atoms. The third-order valence-electron chi connectivity index (χ3n) is 3.25. The Kier molecular flexibility index (Phi) is 4.18. The van der Waals surface area contributed by atoms with E-state index in [0.29, 0.717) is 33.1 Å². The summed E-state index contributed by atoms with van der Waals surface area (Å²) in [7, 11) is 1.54. The molecule has 118 valence electrons. The van der Waals surface area contributed by atoms with Crippen molar-refractivity contribution in [2.75, 3.05) is 7.11 Å². The maximum Gasteiger partial charge on any atom is 0.347 e. The molecule has 0 amide bonds. The van der Waals surface area contributed by atoms with Crippen LogP contribution in [-0.4, -0.2) is 33.1 Å². The van der Waals surface area contributed by atoms with E-state index in [1.54, 1.807) is 24.5 Å². The second-order valence-corrected chi connectivity index (χ2v) is 5.67. The summed E-state index contributed by atoms with van der Waals surface area (Å²) < 4.78 is 5.29. The van der Waals surface area contributed by atoms with E-state index in [-0.39, 0.29) is 4.88 Å². The minimum absolute atomic E-state index is 0.114. The Morgan fingerprint density at radius 1 is 1.29 bits per heavy atom. The maximum atomic E-state index is 11.0. The Bertz CT molecular complexity index is 962. The van der Waals surface area contributed by atoms with Crippen LogP contribution in [0.4, 0.5) is 0 Å². The fourth-order valence-electron chi connectivity index (χ4n) is 2.13. The summed E-state index contributed by atoms with van der Waals surface area (Å²) in [5.74, 6) is -0.463. The molecule has 1 N–H and O–H groups in total. The molecule has 0 atom stereocenters. The van der Waals surface area contributed by atoms with Crippen LogP contribution >= 0.6 is 11.3 Å². The van der Waals surface area contributed by atoms with E-state index in [0.717, 1.165) is 11.3 Å². The van der Waals surface area contributed by atoms with Gasteiger partial charge in [-0.3, -0.25) is 9.97 Å². The second-order valence-electron chi connectivity index (χ2n) is 4.64. The molecule has 24 heavy (non-hydrogen) atoms. The van der Waals surface area contributed by atoms with Crippen molar-refractivity contribution in [3.63, 3.8) is 0 Å². The molecule has 0 bridgehead atoms. The van der Waals surface area contributed by atoms with Gasteiger partial charge in [-0.1, -0.05) is 0 Å². The lowest BCUT2D eigenvalue weighted by Crippen LogP contribution is -1.94. The average Bonchev–Trinajstić information content (AvgIpc) is 3.11. The fraction of sp³-hybridized carbons (Fsp3) is 0.0625. The SMILES string of the molecule is COc1ccncc1-c1cnc(-c2ncc(C(=O)O)s2)cc1C#N. The van der Waals surface area contributed by atoms with Crippen LogP contribution in [0.1, 0.15) is 15.2 Å². The van der Waals surface area contributed by atoms with E-state index in [1.807, 2.05) is 0 Å². The predicted octanol–water partition coefficient (Wildman–Crippen LogP) is 2.85. The smallest absolute Gasteiger partial charge is 0.347 e. The topological polar surface area (TPSA) is 109 Å². The number of aromatic carboxylic acids is 1. The first-order valence-corrected chi connectivity index (χ1v) is 7.53. The Balaban J connectivity index is 2.08. The molecule has 0 saturated heterocycles. The van der Waals surface area contributed by atoms with Crippen molar-refractivity contribution < 1.29 is 14.6 Å². The number of nitrogens with zero attached hydrogens (tertiary/aromatic N) is 4. The van der Waals surface area contributed by atoms with Crippen LogP contribution in [0.15, 0.2) is 36.9 Å². The Morgan fingerprint density at radius 2 is 2.12 bits per heavy atom. The number of rotatable bonds is 4. The maximum absolute atomic E-state index is 11.0. The quantitative estimate of drug-likeness (QED) is 0.779. The van der Waals surface area contributed by atoms with E-state index in [2.05, 4.69) is 21.0 Å². The molecule has 0 saturated carbocycles. The van der Waals surface area contributed by atoms with Gasteiger partial charge in [-0.25, -0.2) is 9.78 Å². The van der Waals surface area contributed by atoms with Gasteiger partial charge in [0.25, 0.3) is 0 Å². The van der Waals surface area contributed by atoms with Gasteiger partial charge in [0.2, 0.25) is 0 Å². The van der Waals surface area contributed by atoms with E-state index in [4.69, 9.17) is 9.84 Å². The number of thiazole rings is 1. The molecule has 8 heteroatoms. The highest BCUT2D eigenvalue weighted by Gasteiger charge is 2.15. The number of carboxylic acids is 1. The number of aromatic nitrogens is 3. The number of nitriles is 1. The summed E-state index contributed by atoms with van der Waals surface area (Å²) in [5.41, 5.74) is 2.05. The van der Waals surface area contributed by atoms with E-state index >= 15 is 0 Å². The summed E-state index contributed by atoms with van der Waals surface area (Å²) >= 11 is 1.00. The number of carbonyl (C=O) groups is 1. The molecule has 3 rings (SSSR count). The molecular formula is C16H10N4O3S. The van der Waals surface area contributed by atoms with Crippen LogP contribution in [0.2, 0.25) is 0 Å². The third-order valence-corrected chi connectivity index (χ3v) is 4.26. The highest BCUT2D eigenvalue weighted by atomic mass is 32.1. The van der Waals surface area contributed by atoms with Crippen LogP contribution in [0, 0.1) is 11.3 Å². The van der Waals surface area contributed by atoms with Crippen molar-refractivity contribution in [2.24, 2.45) is 0 Å². The van der Waals surface area contributed by atoms with Crippen LogP contribution in [-0.2, 0) is 0 Å². The third kappa shape index (κ3) is 2.80. The number of hydrogen-bond acceptors (Lipinski definition) is 7. The molecule has 7 nitrogen and oxygen atoms in total. The van der Waals surface area contributed by atoms with Crippen molar-refractivity contribution in [1.82, 2.24) is 15.0 Å². The monoisotopic (exact) mass is 338 g/mol. The van der Waals surface area contributed by atoms with Crippen molar-refractivity contribution in [3.8, 4) is 33.6 Å². The number of hydrogen-bond donors (Lipinski definition) is 1. The van der Waals surface area contributed by atoms with E-state index < -0.39 is 5.97 Å². The number of ether oxygens (including phenoxy) is 1. The molecule has 0 aliphatic heterocycles. The zero-order valence-electron chi connectivity index (χ0n) is 12.4. The number of methoxy groups -OCH3 is 1. The summed E-state index contributed by atoms with van der Waals surface area (Å²) in [5, 5.41) is 18.9. The van der Waals surface area contributed by atoms with E-state index in [9.17, 15) is 10.1 Å². The first kappa shape index (κ1) is 15.6. The fourth-order valence-corrected chi connectivity index (χ4v) is 2.86. The lowest BCUT2D eigenvalue weighted by Gasteiger charge is -2.09. The molecule has 0 fully saturated rings. The first-order valence-electron chi connectivity index (χ1n) is 6.72. The van der Waals surface area contributed by atoms with Crippen LogP contribution < -0.4 is 4.74 Å². The predicted molar refractivity (Wildman–Crippen MR) is 86.8 cm³/mol. The van der Waals surface area contributed by atoms with Gasteiger partial charge in [0, 0.05) is 29.7 Å². The highest BCUT2D eigenvalue weighted by molar-refractivity contribution is 7.16. The lowest BCUT2D eigenvalue weighted by atomic mass is 10.0. The number of carboxylic acid groups (broad SMARTS) is 1. The molecule has 0 radical (unpaired) electrons. The minimum Gasteiger partial charge on any atom is -0.496 e. The lowest BCUT2D eigenvalue weighted by molar-refractivity contribution is 0.0702. The standard InChI is InChI=1S/C16H10N4O3S/c1-23-13-2-3-18-6-11(13)10-7-19-12(4-9(10)5-17)15-20-8-14(24-15)16(21)22/h2-4,6-8H,1H3,(H,21,22). The molecule has 0 aliphatic rings. The molecule has 0 aliphatic carbocycles. The van der Waals surface area contributed by atoms with Crippen LogP contribution in [0.25, 0.3) is 21.8 Å². The van der Waals surface area contributed by atoms with Crippen molar-refractivity contribution in [1.29, 1.82) is 5.26 Å². The Hall–Kier alpha value is -3.31. The summed E-state index contributed by atoms with van der Waals surface area (Å²) in [6, 6.07) is 5.40. The highest BCUT2D eigenvalue weighted by Crippen LogP contribution is 2.33. The average molecular weight is 338 g/mol. The van der Waals surface area contributed by atoms with Crippen molar-refractivity contribution in [2.45, 2.75) is 0 Å². The molecule has 3 aromatic rings. The summed E-state index contributed by atoms with van der Waals surface area (Å²) in [6.07, 6.45) is 6.00. The Labute approximate surface area is 140 Å². The summed E-state index contributed by atoms with van der Waals surface area (Å²) in [6.45, 7) is 0. The Morgan fingerprint density at radius 3 is 2.79 bits per heavy atom. The molecule has 0 unspecified atom stereocenters. The van der Waals surface area contributed by atoms with Gasteiger partial charge in [-0.15, -0.1) is 11.3 Å². The van der Waals surface area contributed by atoms with Crippen LogP contribution in [0.3, 0.4) is 0 Å². The van der Waals surface area contributed by atoms with Gasteiger partial charge in [-0.2, -0.15) is 5.26 Å².